The van der Waals surface area contributed by atoms with E-state index < -0.39 is 0 Å². The standard InChI is InChI=1S/C19H22O/c1-12(2)16-5-3-4-14-9-18(20)19(11-17(14)16)10-13-6-7-15(19)8-13/h3-7,12-13,15H,8-11H2,1-2H3. The molecule has 3 aliphatic rings. The van der Waals surface area contributed by atoms with Gasteiger partial charge in [0.25, 0.3) is 0 Å². The highest BCUT2D eigenvalue weighted by Crippen LogP contribution is 2.56. The van der Waals surface area contributed by atoms with E-state index in [1.807, 2.05) is 0 Å². The first kappa shape index (κ1) is 12.4. The molecule has 0 aromatic heterocycles. The van der Waals surface area contributed by atoms with Gasteiger partial charge in [-0.15, -0.1) is 0 Å². The summed E-state index contributed by atoms with van der Waals surface area (Å²) in [5.41, 5.74) is 4.18. The number of fused-ring (bicyclic) bond motifs is 4. The maximum Gasteiger partial charge on any atom is 0.144 e. The van der Waals surface area contributed by atoms with Crippen LogP contribution in [0.4, 0.5) is 0 Å². The lowest BCUT2D eigenvalue weighted by Crippen LogP contribution is -2.42. The zero-order chi connectivity index (χ0) is 13.9. The van der Waals surface area contributed by atoms with Gasteiger partial charge in [-0.3, -0.25) is 4.79 Å². The number of carbonyl (C=O) groups is 1. The minimum absolute atomic E-state index is 0.0581. The average Bonchev–Trinajstić information content (AvgIpc) is 3.00. The van der Waals surface area contributed by atoms with Crippen molar-refractivity contribution >= 4 is 5.78 Å². The molecule has 1 spiro atoms. The molecule has 0 amide bonds. The van der Waals surface area contributed by atoms with Crippen LogP contribution >= 0.6 is 0 Å². The Balaban J connectivity index is 1.82. The van der Waals surface area contributed by atoms with Crippen LogP contribution in [-0.4, -0.2) is 5.78 Å². The summed E-state index contributed by atoms with van der Waals surface area (Å²) in [6.07, 6.45) is 8.62. The number of benzene rings is 1. The van der Waals surface area contributed by atoms with E-state index in [0.717, 1.165) is 12.8 Å². The van der Waals surface area contributed by atoms with Crippen LogP contribution in [0.5, 0.6) is 0 Å². The summed E-state index contributed by atoms with van der Waals surface area (Å²) < 4.78 is 0. The lowest BCUT2D eigenvalue weighted by Gasteiger charge is -2.39. The molecule has 0 saturated heterocycles. The average molecular weight is 266 g/mol. The Hall–Kier alpha value is -1.37. The molecule has 20 heavy (non-hydrogen) atoms. The third-order valence-corrected chi connectivity index (χ3v) is 5.84. The van der Waals surface area contributed by atoms with Crippen molar-refractivity contribution in [3.63, 3.8) is 0 Å². The molecule has 3 unspecified atom stereocenters. The Morgan fingerprint density at radius 2 is 2.10 bits per heavy atom. The van der Waals surface area contributed by atoms with Gasteiger partial charge >= 0.3 is 0 Å². The minimum Gasteiger partial charge on any atom is -0.299 e. The molecule has 0 N–H and O–H groups in total. The first-order valence-electron chi connectivity index (χ1n) is 7.92. The Morgan fingerprint density at radius 3 is 2.75 bits per heavy atom. The molecular weight excluding hydrogens is 244 g/mol. The topological polar surface area (TPSA) is 17.1 Å². The summed E-state index contributed by atoms with van der Waals surface area (Å²) in [4.78, 5) is 12.8. The largest absolute Gasteiger partial charge is 0.299 e. The molecular formula is C19H22O. The molecule has 0 aliphatic heterocycles. The second kappa shape index (κ2) is 4.07. The zero-order valence-corrected chi connectivity index (χ0v) is 12.4. The second-order valence-corrected chi connectivity index (χ2v) is 7.26. The highest BCUT2D eigenvalue weighted by Gasteiger charge is 2.54. The van der Waals surface area contributed by atoms with Gasteiger partial charge in [0.1, 0.15) is 5.78 Å². The number of Topliss-reactive ketones (excluding diaryl/α,β-unsaturated/α-hetero) is 1. The normalized spacial score (nSPS) is 34.2. The van der Waals surface area contributed by atoms with Crippen LogP contribution in [-0.2, 0) is 17.6 Å². The van der Waals surface area contributed by atoms with E-state index in [2.05, 4.69) is 44.2 Å². The summed E-state index contributed by atoms with van der Waals surface area (Å²) in [5, 5.41) is 0. The molecule has 1 aromatic carbocycles. The molecule has 1 fully saturated rings. The summed E-state index contributed by atoms with van der Waals surface area (Å²) >= 11 is 0. The maximum atomic E-state index is 12.8. The van der Waals surface area contributed by atoms with Crippen LogP contribution in [0.1, 0.15) is 49.3 Å². The highest BCUT2D eigenvalue weighted by atomic mass is 16.1. The van der Waals surface area contributed by atoms with Gasteiger partial charge in [-0.25, -0.2) is 0 Å². The molecule has 1 aromatic rings. The molecule has 2 bridgehead atoms. The number of hydrogen-bond donors (Lipinski definition) is 0. The third-order valence-electron chi connectivity index (χ3n) is 5.84. The zero-order valence-electron chi connectivity index (χ0n) is 12.4. The first-order chi connectivity index (χ1) is 9.60. The number of ketones is 1. The molecule has 3 aliphatic carbocycles. The Kier molecular flexibility index (Phi) is 2.52. The number of rotatable bonds is 1. The number of carbonyl (C=O) groups excluding carboxylic acids is 1. The summed E-state index contributed by atoms with van der Waals surface area (Å²) in [7, 11) is 0. The van der Waals surface area contributed by atoms with E-state index >= 15 is 0 Å². The molecule has 1 saturated carbocycles. The molecule has 3 atom stereocenters. The summed E-state index contributed by atoms with van der Waals surface area (Å²) in [6, 6.07) is 6.55. The van der Waals surface area contributed by atoms with Crippen LogP contribution in [0.3, 0.4) is 0 Å². The summed E-state index contributed by atoms with van der Waals surface area (Å²) in [6.45, 7) is 4.53. The van der Waals surface area contributed by atoms with Gasteiger partial charge in [-0.05, 0) is 53.7 Å². The van der Waals surface area contributed by atoms with E-state index in [0.29, 0.717) is 30.0 Å². The lowest BCUT2D eigenvalue weighted by atomic mass is 9.62. The minimum atomic E-state index is -0.0581. The van der Waals surface area contributed by atoms with Gasteiger partial charge in [0, 0.05) is 11.8 Å². The van der Waals surface area contributed by atoms with Crippen molar-refractivity contribution < 1.29 is 4.79 Å². The fourth-order valence-electron chi connectivity index (χ4n) is 4.82. The van der Waals surface area contributed by atoms with Crippen molar-refractivity contribution in [3.8, 4) is 0 Å². The molecule has 0 radical (unpaired) electrons. The highest BCUT2D eigenvalue weighted by molar-refractivity contribution is 5.90. The van der Waals surface area contributed by atoms with Crippen molar-refractivity contribution in [1.82, 2.24) is 0 Å². The van der Waals surface area contributed by atoms with Crippen molar-refractivity contribution in [1.29, 1.82) is 0 Å². The van der Waals surface area contributed by atoms with Crippen LogP contribution in [0.2, 0.25) is 0 Å². The molecule has 1 nitrogen and oxygen atoms in total. The van der Waals surface area contributed by atoms with E-state index in [9.17, 15) is 4.79 Å². The van der Waals surface area contributed by atoms with Crippen molar-refractivity contribution in [2.45, 2.75) is 45.4 Å². The molecule has 1 heteroatoms. The van der Waals surface area contributed by atoms with Crippen LogP contribution in [0, 0.1) is 17.3 Å². The molecule has 4 rings (SSSR count). The van der Waals surface area contributed by atoms with Crippen molar-refractivity contribution in [3.05, 3.63) is 47.0 Å². The quantitative estimate of drug-likeness (QED) is 0.701. The predicted molar refractivity (Wildman–Crippen MR) is 80.7 cm³/mol. The van der Waals surface area contributed by atoms with Gasteiger partial charge in [0.15, 0.2) is 0 Å². The predicted octanol–water partition coefficient (Wildman–Crippen LogP) is 4.06. The first-order valence-corrected chi connectivity index (χ1v) is 7.92. The fourth-order valence-corrected chi connectivity index (χ4v) is 4.82. The summed E-state index contributed by atoms with van der Waals surface area (Å²) in [5.74, 6) is 2.22. The van der Waals surface area contributed by atoms with Crippen LogP contribution in [0.15, 0.2) is 30.4 Å². The van der Waals surface area contributed by atoms with Crippen LogP contribution < -0.4 is 0 Å². The van der Waals surface area contributed by atoms with Gasteiger partial charge in [0.2, 0.25) is 0 Å². The van der Waals surface area contributed by atoms with Gasteiger partial charge in [-0.2, -0.15) is 0 Å². The van der Waals surface area contributed by atoms with E-state index in [1.54, 1.807) is 0 Å². The second-order valence-electron chi connectivity index (χ2n) is 7.26. The smallest absolute Gasteiger partial charge is 0.144 e. The van der Waals surface area contributed by atoms with Gasteiger partial charge in [0.05, 0.1) is 0 Å². The van der Waals surface area contributed by atoms with E-state index in [-0.39, 0.29) is 5.41 Å². The fraction of sp³-hybridized carbons (Fsp3) is 0.526. The van der Waals surface area contributed by atoms with Gasteiger partial charge < -0.3 is 0 Å². The van der Waals surface area contributed by atoms with Crippen molar-refractivity contribution in [2.24, 2.45) is 17.3 Å². The molecule has 0 heterocycles. The maximum absolute atomic E-state index is 12.8. The van der Waals surface area contributed by atoms with E-state index in [4.69, 9.17) is 0 Å². The SMILES string of the molecule is CC(C)c1cccc2c1CC1(CC3C=CC1C3)C(=O)C2. The van der Waals surface area contributed by atoms with E-state index in [1.165, 1.54) is 23.1 Å². The third kappa shape index (κ3) is 1.52. The number of allylic oxidation sites excluding steroid dienone is 2. The Morgan fingerprint density at radius 1 is 1.25 bits per heavy atom. The van der Waals surface area contributed by atoms with Crippen LogP contribution in [0.25, 0.3) is 0 Å². The lowest BCUT2D eigenvalue weighted by molar-refractivity contribution is -0.130. The van der Waals surface area contributed by atoms with Crippen molar-refractivity contribution in [2.75, 3.05) is 0 Å². The monoisotopic (exact) mass is 266 g/mol. The van der Waals surface area contributed by atoms with Gasteiger partial charge in [-0.1, -0.05) is 44.2 Å². The molecule has 104 valence electrons. The number of hydrogen-bond acceptors (Lipinski definition) is 1. The Labute approximate surface area is 121 Å². The Bertz CT molecular complexity index is 610.